The lowest BCUT2D eigenvalue weighted by Gasteiger charge is -2.32. The van der Waals surface area contributed by atoms with Gasteiger partial charge < -0.3 is 4.90 Å². The Morgan fingerprint density at radius 1 is 1.24 bits per heavy atom. The fraction of sp³-hybridized carbons (Fsp3) is 0.435. The lowest BCUT2D eigenvalue weighted by atomic mass is 9.90. The molecule has 1 aromatic heterocycles. The molecule has 2 aliphatic rings. The van der Waals surface area contributed by atoms with E-state index in [4.69, 9.17) is 5.21 Å². The minimum absolute atomic E-state index is 0.254. The summed E-state index contributed by atoms with van der Waals surface area (Å²) >= 11 is 0. The van der Waals surface area contributed by atoms with Crippen LogP contribution in [0.5, 0.6) is 0 Å². The molecule has 0 radical (unpaired) electrons. The van der Waals surface area contributed by atoms with Gasteiger partial charge in [0.05, 0.1) is 5.56 Å². The molecule has 1 amide bonds. The number of nitrogens with zero attached hydrogens (tertiary/aromatic N) is 3. The molecule has 152 valence electrons. The highest BCUT2D eigenvalue weighted by atomic mass is 16.5. The van der Waals surface area contributed by atoms with Crippen LogP contribution >= 0.6 is 0 Å². The van der Waals surface area contributed by atoms with Crippen molar-refractivity contribution in [1.29, 1.82) is 0 Å². The fourth-order valence-electron chi connectivity index (χ4n) is 4.42. The van der Waals surface area contributed by atoms with Gasteiger partial charge in [0.15, 0.2) is 0 Å². The first-order valence-corrected chi connectivity index (χ1v) is 10.4. The summed E-state index contributed by atoms with van der Waals surface area (Å²) in [5.74, 6) is 0.816. The molecule has 2 N–H and O–H groups in total. The van der Waals surface area contributed by atoms with Gasteiger partial charge in [-0.1, -0.05) is 29.8 Å². The van der Waals surface area contributed by atoms with Crippen molar-refractivity contribution < 1.29 is 10.0 Å². The van der Waals surface area contributed by atoms with Crippen LogP contribution in [0.3, 0.4) is 0 Å². The van der Waals surface area contributed by atoms with Crippen LogP contribution in [-0.2, 0) is 6.42 Å². The van der Waals surface area contributed by atoms with Crippen molar-refractivity contribution in [2.45, 2.75) is 45.4 Å². The maximum absolute atomic E-state index is 11.4. The van der Waals surface area contributed by atoms with Crippen LogP contribution in [0.25, 0.3) is 5.57 Å². The molecule has 0 atom stereocenters. The van der Waals surface area contributed by atoms with E-state index >= 15 is 0 Å². The van der Waals surface area contributed by atoms with Gasteiger partial charge in [-0.3, -0.25) is 10.0 Å². The number of fused-ring (bicyclic) bond motifs is 1. The normalized spacial score (nSPS) is 16.5. The average Bonchev–Trinajstić information content (AvgIpc) is 3.16. The Morgan fingerprint density at radius 3 is 2.72 bits per heavy atom. The van der Waals surface area contributed by atoms with Gasteiger partial charge in [-0.25, -0.2) is 15.4 Å². The summed E-state index contributed by atoms with van der Waals surface area (Å²) in [6, 6.07) is 6.82. The molecule has 6 heteroatoms. The second-order valence-corrected chi connectivity index (χ2v) is 8.13. The van der Waals surface area contributed by atoms with Crippen molar-refractivity contribution in [3.05, 3.63) is 58.9 Å². The van der Waals surface area contributed by atoms with Gasteiger partial charge in [-0.05, 0) is 68.1 Å². The van der Waals surface area contributed by atoms with E-state index in [2.05, 4.69) is 46.1 Å². The summed E-state index contributed by atoms with van der Waals surface area (Å²) in [6.45, 7) is 4.06. The highest BCUT2D eigenvalue weighted by Crippen LogP contribution is 2.33. The topological polar surface area (TPSA) is 78.4 Å². The first-order chi connectivity index (χ1) is 14.1. The zero-order chi connectivity index (χ0) is 20.2. The Kier molecular flexibility index (Phi) is 5.90. The molecule has 2 heterocycles. The molecular formula is C23H28N4O2. The number of allylic oxidation sites excluding steroid dienone is 2. The Labute approximate surface area is 171 Å². The maximum atomic E-state index is 11.4. The monoisotopic (exact) mass is 392 g/mol. The number of carbonyl (C=O) groups is 1. The molecule has 29 heavy (non-hydrogen) atoms. The molecule has 0 spiro atoms. The zero-order valence-corrected chi connectivity index (χ0v) is 16.9. The number of carbonyl (C=O) groups excluding carboxylic acids is 1. The highest BCUT2D eigenvalue weighted by molar-refractivity contribution is 5.92. The molecule has 1 aromatic carbocycles. The molecule has 0 bridgehead atoms. The van der Waals surface area contributed by atoms with Gasteiger partial charge in [0, 0.05) is 25.5 Å². The maximum Gasteiger partial charge on any atom is 0.277 e. The van der Waals surface area contributed by atoms with E-state index in [9.17, 15) is 4.79 Å². The molecule has 1 fully saturated rings. The lowest BCUT2D eigenvalue weighted by Crippen LogP contribution is -2.35. The van der Waals surface area contributed by atoms with Crippen molar-refractivity contribution in [2.24, 2.45) is 5.92 Å². The summed E-state index contributed by atoms with van der Waals surface area (Å²) < 4.78 is 0. The molecule has 0 unspecified atom stereocenters. The van der Waals surface area contributed by atoms with E-state index in [1.807, 2.05) is 0 Å². The molecular weight excluding hydrogens is 364 g/mol. The number of hydrogen-bond donors (Lipinski definition) is 2. The largest absolute Gasteiger partial charge is 0.341 e. The van der Waals surface area contributed by atoms with Crippen LogP contribution in [0.4, 0.5) is 5.95 Å². The Balaban J connectivity index is 1.23. The Bertz CT molecular complexity index is 900. The minimum atomic E-state index is -0.592. The van der Waals surface area contributed by atoms with Crippen LogP contribution in [-0.4, -0.2) is 34.2 Å². The number of amides is 1. The van der Waals surface area contributed by atoms with Gasteiger partial charge in [-0.15, -0.1) is 0 Å². The number of hydroxylamine groups is 1. The molecule has 1 saturated heterocycles. The van der Waals surface area contributed by atoms with Crippen molar-refractivity contribution in [2.75, 3.05) is 18.0 Å². The molecule has 1 aliphatic heterocycles. The molecule has 4 rings (SSSR count). The average molecular weight is 393 g/mol. The number of anilines is 1. The third-order valence-electron chi connectivity index (χ3n) is 6.14. The zero-order valence-electron chi connectivity index (χ0n) is 16.9. The molecule has 2 aromatic rings. The van der Waals surface area contributed by atoms with Crippen LogP contribution in [0.2, 0.25) is 0 Å². The van der Waals surface area contributed by atoms with Crippen LogP contribution in [0.15, 0.2) is 36.7 Å². The van der Waals surface area contributed by atoms with Crippen molar-refractivity contribution in [3.8, 4) is 0 Å². The van der Waals surface area contributed by atoms with Crippen molar-refractivity contribution in [3.63, 3.8) is 0 Å². The van der Waals surface area contributed by atoms with E-state index in [-0.39, 0.29) is 5.56 Å². The number of aromatic nitrogens is 2. The van der Waals surface area contributed by atoms with E-state index in [1.54, 1.807) is 5.48 Å². The van der Waals surface area contributed by atoms with Crippen LogP contribution in [0, 0.1) is 12.8 Å². The van der Waals surface area contributed by atoms with E-state index < -0.39 is 5.91 Å². The Hall–Kier alpha value is -2.73. The number of piperidine rings is 1. The molecule has 1 aliphatic carbocycles. The van der Waals surface area contributed by atoms with Gasteiger partial charge in [-0.2, -0.15) is 0 Å². The summed E-state index contributed by atoms with van der Waals surface area (Å²) in [5.41, 5.74) is 7.67. The number of rotatable bonds is 6. The molecule has 6 nitrogen and oxygen atoms in total. The summed E-state index contributed by atoms with van der Waals surface area (Å²) in [4.78, 5) is 22.1. The standard InChI is InChI=1S/C23H28N4O2/c1-16-5-6-19-8-7-18(21(19)13-16)4-2-3-17-9-11-27(12-10-17)23-24-14-20(15-25-23)22(28)26-29/h5-7,13-15,17,29H,2-4,8-12H2,1H3,(H,26,28). The smallest absolute Gasteiger partial charge is 0.277 e. The third-order valence-corrected chi connectivity index (χ3v) is 6.14. The number of aryl methyl sites for hydroxylation is 1. The number of hydrogen-bond acceptors (Lipinski definition) is 5. The van der Waals surface area contributed by atoms with E-state index in [0.29, 0.717) is 5.95 Å². The SMILES string of the molecule is Cc1ccc2c(c1)C(CCCC1CCN(c3ncc(C(=O)NO)cn3)CC1)=CC2. The van der Waals surface area contributed by atoms with E-state index in [1.165, 1.54) is 53.9 Å². The lowest BCUT2D eigenvalue weighted by molar-refractivity contribution is 0.0705. The number of benzene rings is 1. The second kappa shape index (κ2) is 8.74. The highest BCUT2D eigenvalue weighted by Gasteiger charge is 2.22. The van der Waals surface area contributed by atoms with Crippen molar-refractivity contribution >= 4 is 17.4 Å². The quantitative estimate of drug-likeness (QED) is 0.575. The second-order valence-electron chi connectivity index (χ2n) is 8.13. The van der Waals surface area contributed by atoms with Gasteiger partial charge in [0.1, 0.15) is 0 Å². The first kappa shape index (κ1) is 19.6. The minimum Gasteiger partial charge on any atom is -0.341 e. The van der Waals surface area contributed by atoms with Crippen LogP contribution in [0.1, 0.15) is 59.2 Å². The summed E-state index contributed by atoms with van der Waals surface area (Å²) in [7, 11) is 0. The van der Waals surface area contributed by atoms with Gasteiger partial charge in [0.2, 0.25) is 5.95 Å². The van der Waals surface area contributed by atoms with Gasteiger partial charge >= 0.3 is 0 Å². The van der Waals surface area contributed by atoms with E-state index in [0.717, 1.165) is 38.3 Å². The fourth-order valence-corrected chi connectivity index (χ4v) is 4.42. The van der Waals surface area contributed by atoms with Crippen molar-refractivity contribution in [1.82, 2.24) is 15.4 Å². The summed E-state index contributed by atoms with van der Waals surface area (Å²) in [6.07, 6.45) is 12.4. The molecule has 0 saturated carbocycles. The van der Waals surface area contributed by atoms with Crippen LogP contribution < -0.4 is 10.4 Å². The third kappa shape index (κ3) is 4.48. The predicted octanol–water partition coefficient (Wildman–Crippen LogP) is 3.93. The Morgan fingerprint density at radius 2 is 2.00 bits per heavy atom. The summed E-state index contributed by atoms with van der Waals surface area (Å²) in [5, 5.41) is 8.67. The number of nitrogens with one attached hydrogen (secondary N) is 1. The van der Waals surface area contributed by atoms with Gasteiger partial charge in [0.25, 0.3) is 5.91 Å². The first-order valence-electron chi connectivity index (χ1n) is 10.4. The predicted molar refractivity (Wildman–Crippen MR) is 113 cm³/mol.